The van der Waals surface area contributed by atoms with Crippen molar-refractivity contribution in [3.8, 4) is 0 Å². The molecule has 0 aromatic carbocycles. The Morgan fingerprint density at radius 3 is 2.80 bits per heavy atom. The number of nitrogens with zero attached hydrogens (tertiary/aromatic N) is 1. The zero-order valence-corrected chi connectivity index (χ0v) is 13.5. The molecule has 1 aromatic rings. The molecular weight excluding hydrogens is 264 g/mol. The summed E-state index contributed by atoms with van der Waals surface area (Å²) in [5.41, 5.74) is 1.44. The first-order valence-corrected chi connectivity index (χ1v) is 9.32. The summed E-state index contributed by atoms with van der Waals surface area (Å²) < 4.78 is 0. The summed E-state index contributed by atoms with van der Waals surface area (Å²) in [6.45, 7) is 4.78. The molecule has 2 aliphatic rings. The van der Waals surface area contributed by atoms with Crippen LogP contribution in [0.2, 0.25) is 0 Å². The Labute approximate surface area is 127 Å². The summed E-state index contributed by atoms with van der Waals surface area (Å²) in [7, 11) is 0. The molecule has 3 heteroatoms. The monoisotopic (exact) mass is 292 g/mol. The Morgan fingerprint density at radius 1 is 1.25 bits per heavy atom. The molecule has 1 aliphatic heterocycles. The largest absolute Gasteiger partial charge is 0.369 e. The third-order valence-electron chi connectivity index (χ3n) is 4.93. The minimum Gasteiger partial charge on any atom is -0.369 e. The van der Waals surface area contributed by atoms with E-state index in [-0.39, 0.29) is 0 Å². The molecule has 2 fully saturated rings. The van der Waals surface area contributed by atoms with E-state index in [1.165, 1.54) is 63.7 Å². The minimum absolute atomic E-state index is 0.698. The molecular formula is C17H28N2S. The van der Waals surface area contributed by atoms with E-state index in [1.54, 1.807) is 0 Å². The van der Waals surface area contributed by atoms with Crippen LogP contribution in [0.15, 0.2) is 16.8 Å². The van der Waals surface area contributed by atoms with Gasteiger partial charge in [0.25, 0.3) is 0 Å². The zero-order chi connectivity index (χ0) is 13.8. The van der Waals surface area contributed by atoms with Crippen LogP contribution in [0.4, 0.5) is 5.69 Å². The van der Waals surface area contributed by atoms with Gasteiger partial charge in [-0.15, -0.1) is 0 Å². The predicted molar refractivity (Wildman–Crippen MR) is 88.7 cm³/mol. The van der Waals surface area contributed by atoms with E-state index in [0.717, 1.165) is 12.0 Å². The predicted octanol–water partition coefficient (Wildman–Crippen LogP) is 4.28. The Bertz CT molecular complexity index is 384. The van der Waals surface area contributed by atoms with Crippen molar-refractivity contribution in [2.24, 2.45) is 5.92 Å². The highest BCUT2D eigenvalue weighted by Gasteiger charge is 2.29. The third-order valence-corrected chi connectivity index (χ3v) is 5.60. The molecule has 2 atom stereocenters. The van der Waals surface area contributed by atoms with Gasteiger partial charge in [-0.25, -0.2) is 0 Å². The first kappa shape index (κ1) is 14.4. The van der Waals surface area contributed by atoms with Crippen molar-refractivity contribution >= 4 is 17.0 Å². The SMILES string of the molecule is CCCC1CC(NC2CCCC2)CN(c2ccsc2)C1. The van der Waals surface area contributed by atoms with Gasteiger partial charge in [0.05, 0.1) is 0 Å². The summed E-state index contributed by atoms with van der Waals surface area (Å²) >= 11 is 1.82. The molecule has 3 rings (SSSR count). The fourth-order valence-corrected chi connectivity index (χ4v) is 4.68. The van der Waals surface area contributed by atoms with Crippen molar-refractivity contribution in [1.82, 2.24) is 5.32 Å². The number of anilines is 1. The standard InChI is InChI=1S/C17H28N2S/c1-2-5-14-10-16(18-15-6-3-4-7-15)12-19(11-14)17-8-9-20-13-17/h8-9,13-16,18H,2-7,10-12H2,1H3. The first-order valence-electron chi connectivity index (χ1n) is 8.38. The average Bonchev–Trinajstić information content (AvgIpc) is 3.11. The van der Waals surface area contributed by atoms with Gasteiger partial charge in [0.1, 0.15) is 0 Å². The second-order valence-electron chi connectivity index (χ2n) is 6.62. The highest BCUT2D eigenvalue weighted by atomic mass is 32.1. The highest BCUT2D eigenvalue weighted by Crippen LogP contribution is 2.28. The van der Waals surface area contributed by atoms with Crippen molar-refractivity contribution in [3.63, 3.8) is 0 Å². The molecule has 1 aromatic heterocycles. The summed E-state index contributed by atoms with van der Waals surface area (Å²) in [6.07, 6.45) is 9.72. The average molecular weight is 292 g/mol. The molecule has 1 aliphatic carbocycles. The molecule has 0 spiro atoms. The quantitative estimate of drug-likeness (QED) is 0.871. The molecule has 0 radical (unpaired) electrons. The maximum atomic E-state index is 3.96. The number of nitrogens with one attached hydrogen (secondary N) is 1. The first-order chi connectivity index (χ1) is 9.85. The lowest BCUT2D eigenvalue weighted by atomic mass is 9.90. The van der Waals surface area contributed by atoms with E-state index in [4.69, 9.17) is 0 Å². The lowest BCUT2D eigenvalue weighted by molar-refractivity contribution is 0.297. The number of thiophene rings is 1. The lowest BCUT2D eigenvalue weighted by Crippen LogP contribution is -2.51. The molecule has 1 saturated carbocycles. The fraction of sp³-hybridized carbons (Fsp3) is 0.765. The van der Waals surface area contributed by atoms with E-state index < -0.39 is 0 Å². The van der Waals surface area contributed by atoms with E-state index >= 15 is 0 Å². The molecule has 0 amide bonds. The molecule has 1 saturated heterocycles. The van der Waals surface area contributed by atoms with Gasteiger partial charge in [-0.2, -0.15) is 11.3 Å². The van der Waals surface area contributed by atoms with Gasteiger partial charge in [0.15, 0.2) is 0 Å². The van der Waals surface area contributed by atoms with Gasteiger partial charge in [0, 0.05) is 36.2 Å². The number of rotatable bonds is 5. The lowest BCUT2D eigenvalue weighted by Gasteiger charge is -2.40. The molecule has 112 valence electrons. The van der Waals surface area contributed by atoms with Crippen LogP contribution in [0.5, 0.6) is 0 Å². The normalized spacial score (nSPS) is 28.1. The molecule has 2 nitrogen and oxygen atoms in total. The summed E-state index contributed by atoms with van der Waals surface area (Å²) in [6, 6.07) is 3.78. The van der Waals surface area contributed by atoms with Gasteiger partial charge < -0.3 is 10.2 Å². The second kappa shape index (κ2) is 6.95. The van der Waals surface area contributed by atoms with Crippen LogP contribution in [0.1, 0.15) is 51.9 Å². The molecule has 1 N–H and O–H groups in total. The van der Waals surface area contributed by atoms with Crippen molar-refractivity contribution in [2.45, 2.75) is 64.0 Å². The van der Waals surface area contributed by atoms with Crippen molar-refractivity contribution in [2.75, 3.05) is 18.0 Å². The maximum Gasteiger partial charge on any atom is 0.0475 e. The molecule has 2 heterocycles. The third kappa shape index (κ3) is 3.56. The fourth-order valence-electron chi connectivity index (χ4n) is 4.02. The Balaban J connectivity index is 1.63. The van der Waals surface area contributed by atoms with E-state index in [9.17, 15) is 0 Å². The molecule has 0 bridgehead atoms. The van der Waals surface area contributed by atoms with Crippen LogP contribution in [0.3, 0.4) is 0 Å². The van der Waals surface area contributed by atoms with Gasteiger partial charge in [-0.3, -0.25) is 0 Å². The molecule has 20 heavy (non-hydrogen) atoms. The topological polar surface area (TPSA) is 15.3 Å². The van der Waals surface area contributed by atoms with Gasteiger partial charge in [-0.05, 0) is 43.0 Å². The number of hydrogen-bond acceptors (Lipinski definition) is 3. The number of hydrogen-bond donors (Lipinski definition) is 1. The Hall–Kier alpha value is -0.540. The summed E-state index contributed by atoms with van der Waals surface area (Å²) in [5.74, 6) is 0.868. The van der Waals surface area contributed by atoms with Gasteiger partial charge >= 0.3 is 0 Å². The number of piperidine rings is 1. The minimum atomic E-state index is 0.698. The molecule has 2 unspecified atom stereocenters. The Morgan fingerprint density at radius 2 is 2.10 bits per heavy atom. The van der Waals surface area contributed by atoms with Crippen molar-refractivity contribution in [3.05, 3.63) is 16.8 Å². The van der Waals surface area contributed by atoms with Crippen molar-refractivity contribution in [1.29, 1.82) is 0 Å². The van der Waals surface area contributed by atoms with Crippen LogP contribution in [0.25, 0.3) is 0 Å². The van der Waals surface area contributed by atoms with E-state index in [2.05, 4.69) is 34.0 Å². The van der Waals surface area contributed by atoms with Gasteiger partial charge in [0.2, 0.25) is 0 Å². The zero-order valence-electron chi connectivity index (χ0n) is 12.7. The second-order valence-corrected chi connectivity index (χ2v) is 7.40. The maximum absolute atomic E-state index is 3.96. The van der Waals surface area contributed by atoms with Crippen LogP contribution >= 0.6 is 11.3 Å². The van der Waals surface area contributed by atoms with Crippen LogP contribution in [-0.4, -0.2) is 25.2 Å². The van der Waals surface area contributed by atoms with Crippen LogP contribution < -0.4 is 10.2 Å². The van der Waals surface area contributed by atoms with Crippen LogP contribution in [-0.2, 0) is 0 Å². The highest BCUT2D eigenvalue weighted by molar-refractivity contribution is 7.08. The van der Waals surface area contributed by atoms with Crippen molar-refractivity contribution < 1.29 is 0 Å². The van der Waals surface area contributed by atoms with E-state index in [0.29, 0.717) is 6.04 Å². The van der Waals surface area contributed by atoms with E-state index in [1.807, 2.05) is 11.3 Å². The smallest absolute Gasteiger partial charge is 0.0475 e. The summed E-state index contributed by atoms with van der Waals surface area (Å²) in [5, 5.41) is 8.47. The van der Waals surface area contributed by atoms with Gasteiger partial charge in [-0.1, -0.05) is 26.2 Å². The summed E-state index contributed by atoms with van der Waals surface area (Å²) in [4.78, 5) is 2.62. The Kier molecular flexibility index (Phi) is 5.00. The van der Waals surface area contributed by atoms with Crippen LogP contribution in [0, 0.1) is 5.92 Å².